The van der Waals surface area contributed by atoms with Gasteiger partial charge in [-0.05, 0) is 91.5 Å². The number of fused-ring (bicyclic) bond motifs is 1. The zero-order chi connectivity index (χ0) is 27.9. The summed E-state index contributed by atoms with van der Waals surface area (Å²) in [6.45, 7) is 4.32. The van der Waals surface area contributed by atoms with Gasteiger partial charge in [-0.15, -0.1) is 0 Å². The van der Waals surface area contributed by atoms with E-state index in [1.54, 1.807) is 7.05 Å². The zero-order valence-electron chi connectivity index (χ0n) is 24.5. The van der Waals surface area contributed by atoms with Crippen LogP contribution < -0.4 is 0 Å². The van der Waals surface area contributed by atoms with Crippen molar-refractivity contribution in [1.82, 2.24) is 0 Å². The summed E-state index contributed by atoms with van der Waals surface area (Å²) < 4.78 is 0. The number of rotatable bonds is 9. The Morgan fingerprint density at radius 1 is 1.00 bits per heavy atom. The Morgan fingerprint density at radius 3 is 2.62 bits per heavy atom. The Morgan fingerprint density at radius 2 is 1.80 bits per heavy atom. The van der Waals surface area contributed by atoms with Crippen molar-refractivity contribution in [3.8, 4) is 0 Å². The second kappa shape index (κ2) is 13.4. The minimum atomic E-state index is 0.262. The van der Waals surface area contributed by atoms with Gasteiger partial charge >= 0.3 is 0 Å². The fourth-order valence-electron chi connectivity index (χ4n) is 6.93. The van der Waals surface area contributed by atoms with Crippen LogP contribution in [0.1, 0.15) is 81.4 Å². The van der Waals surface area contributed by atoms with Crippen LogP contribution in [0.2, 0.25) is 0 Å². The van der Waals surface area contributed by atoms with Gasteiger partial charge in [-0.3, -0.25) is 14.8 Å². The summed E-state index contributed by atoms with van der Waals surface area (Å²) in [5.74, 6) is 2.50. The lowest BCUT2D eigenvalue weighted by molar-refractivity contribution is -0.117. The molecule has 0 saturated heterocycles. The van der Waals surface area contributed by atoms with Crippen LogP contribution in [0.15, 0.2) is 99.7 Å². The van der Waals surface area contributed by atoms with Crippen LogP contribution in [0.25, 0.3) is 0 Å². The van der Waals surface area contributed by atoms with Crippen molar-refractivity contribution in [2.24, 2.45) is 27.7 Å². The topological polar surface area (TPSA) is 41.8 Å². The molecular formula is C37H44N2O. The molecule has 0 bridgehead atoms. The molecule has 0 amide bonds. The monoisotopic (exact) mass is 532 g/mol. The number of Topliss-reactive ketones (excluding diaryl/α,β-unsaturated/α-hetero) is 1. The summed E-state index contributed by atoms with van der Waals surface area (Å²) >= 11 is 0. The van der Waals surface area contributed by atoms with E-state index in [1.807, 2.05) is 13.0 Å². The van der Waals surface area contributed by atoms with Crippen LogP contribution in [-0.2, 0) is 17.6 Å². The molecule has 3 aliphatic rings. The molecule has 4 atom stereocenters. The lowest BCUT2D eigenvalue weighted by Gasteiger charge is -2.36. The fraction of sp³-hybridized carbons (Fsp3) is 0.432. The van der Waals surface area contributed by atoms with E-state index in [0.29, 0.717) is 36.5 Å². The third kappa shape index (κ3) is 7.05. The van der Waals surface area contributed by atoms with Gasteiger partial charge in [0, 0.05) is 43.4 Å². The molecule has 0 radical (unpaired) electrons. The lowest BCUT2D eigenvalue weighted by atomic mass is 9.71. The van der Waals surface area contributed by atoms with Crippen molar-refractivity contribution in [1.29, 1.82) is 0 Å². The smallest absolute Gasteiger partial charge is 0.141 e. The van der Waals surface area contributed by atoms with Gasteiger partial charge in [-0.2, -0.15) is 0 Å². The molecule has 3 heteroatoms. The molecular weight excluding hydrogens is 488 g/mol. The summed E-state index contributed by atoms with van der Waals surface area (Å²) in [5.41, 5.74) is 8.69. The van der Waals surface area contributed by atoms with Gasteiger partial charge in [-0.25, -0.2) is 0 Å². The molecule has 1 heterocycles. The first-order valence-electron chi connectivity index (χ1n) is 15.2. The van der Waals surface area contributed by atoms with Crippen molar-refractivity contribution in [2.45, 2.75) is 77.6 Å². The molecule has 5 rings (SSSR count). The molecule has 2 aliphatic carbocycles. The highest BCUT2D eigenvalue weighted by atomic mass is 16.1. The predicted octanol–water partition coefficient (Wildman–Crippen LogP) is 8.66. The SMILES string of the molecule is CN=C(C)/C=C(/CC(=O)Cc1cccc(C2CCCC(C3=C4C=CCCC4C(C)C=N3)C2)c1)Cc1ccccc1. The number of carbonyl (C=O) groups is 1. The number of carbonyl (C=O) groups excluding carboxylic acids is 1. The second-order valence-corrected chi connectivity index (χ2v) is 12.1. The molecule has 208 valence electrons. The Balaban J connectivity index is 1.27. The van der Waals surface area contributed by atoms with E-state index in [2.05, 4.69) is 84.9 Å². The maximum atomic E-state index is 13.3. The maximum Gasteiger partial charge on any atom is 0.141 e. The number of allylic oxidation sites excluding steroid dienone is 6. The van der Waals surface area contributed by atoms with Gasteiger partial charge in [-0.1, -0.05) is 85.7 Å². The first-order chi connectivity index (χ1) is 19.5. The van der Waals surface area contributed by atoms with E-state index in [-0.39, 0.29) is 5.78 Å². The summed E-state index contributed by atoms with van der Waals surface area (Å²) in [6.07, 6.45) is 18.0. The van der Waals surface area contributed by atoms with E-state index in [4.69, 9.17) is 4.99 Å². The molecule has 0 spiro atoms. The van der Waals surface area contributed by atoms with E-state index < -0.39 is 0 Å². The van der Waals surface area contributed by atoms with Crippen LogP contribution in [-0.4, -0.2) is 24.8 Å². The van der Waals surface area contributed by atoms with Gasteiger partial charge in [0.25, 0.3) is 0 Å². The Labute approximate surface area is 240 Å². The van der Waals surface area contributed by atoms with E-state index in [0.717, 1.165) is 29.7 Å². The minimum Gasteiger partial charge on any atom is -0.299 e. The van der Waals surface area contributed by atoms with Crippen LogP contribution in [0.3, 0.4) is 0 Å². The van der Waals surface area contributed by atoms with Crippen LogP contribution in [0.4, 0.5) is 0 Å². The number of aliphatic imine (C=N–C) groups is 2. The van der Waals surface area contributed by atoms with Crippen molar-refractivity contribution in [3.63, 3.8) is 0 Å². The molecule has 2 aromatic carbocycles. The zero-order valence-corrected chi connectivity index (χ0v) is 24.5. The average molecular weight is 533 g/mol. The molecule has 3 nitrogen and oxygen atoms in total. The highest BCUT2D eigenvalue weighted by molar-refractivity contribution is 5.94. The lowest BCUT2D eigenvalue weighted by Crippen LogP contribution is -2.25. The Hall–Kier alpha value is -3.33. The van der Waals surface area contributed by atoms with E-state index >= 15 is 0 Å². The fourth-order valence-corrected chi connectivity index (χ4v) is 6.93. The number of hydrogen-bond donors (Lipinski definition) is 0. The van der Waals surface area contributed by atoms with Crippen LogP contribution in [0.5, 0.6) is 0 Å². The molecule has 1 aliphatic heterocycles. The molecule has 1 saturated carbocycles. The Kier molecular flexibility index (Phi) is 9.41. The average Bonchev–Trinajstić information content (AvgIpc) is 2.98. The highest BCUT2D eigenvalue weighted by Gasteiger charge is 2.33. The van der Waals surface area contributed by atoms with Crippen LogP contribution >= 0.6 is 0 Å². The molecule has 4 unspecified atom stereocenters. The van der Waals surface area contributed by atoms with Gasteiger partial charge in [0.05, 0.1) is 0 Å². The van der Waals surface area contributed by atoms with E-state index in [1.165, 1.54) is 54.5 Å². The van der Waals surface area contributed by atoms with Crippen molar-refractivity contribution < 1.29 is 4.79 Å². The summed E-state index contributed by atoms with van der Waals surface area (Å²) in [7, 11) is 1.80. The molecule has 0 aromatic heterocycles. The first-order valence-corrected chi connectivity index (χ1v) is 15.2. The highest BCUT2D eigenvalue weighted by Crippen LogP contribution is 2.45. The summed E-state index contributed by atoms with van der Waals surface area (Å²) in [5, 5.41) is 0. The Bertz CT molecular complexity index is 1340. The third-order valence-corrected chi connectivity index (χ3v) is 9.07. The summed E-state index contributed by atoms with van der Waals surface area (Å²) in [4.78, 5) is 22.6. The van der Waals surface area contributed by atoms with Gasteiger partial charge in [0.2, 0.25) is 0 Å². The van der Waals surface area contributed by atoms with Gasteiger partial charge < -0.3 is 0 Å². The summed E-state index contributed by atoms with van der Waals surface area (Å²) in [6, 6.07) is 19.2. The number of benzene rings is 2. The predicted molar refractivity (Wildman–Crippen MR) is 168 cm³/mol. The van der Waals surface area contributed by atoms with Gasteiger partial charge in [0.1, 0.15) is 5.78 Å². The molecule has 0 N–H and O–H groups in total. The standard InChI is InChI=1S/C37H44N2O/c1-26-25-39-37(36-18-8-7-17-35(26)36)33-16-10-15-32(24-33)31-14-9-13-29(21-31)22-34(40)23-30(19-27(2)38-3)20-28-11-5-4-6-12-28/h4-6,8-9,11-14,18-19,21,25-26,32-33,35H,7,10,15-17,20,22-24H2,1-3H3/b30-19+,38-27?. The number of nitrogens with zero attached hydrogens (tertiary/aromatic N) is 2. The van der Waals surface area contributed by atoms with Gasteiger partial charge in [0.15, 0.2) is 0 Å². The molecule has 2 aromatic rings. The quantitative estimate of drug-likeness (QED) is 0.298. The van der Waals surface area contributed by atoms with E-state index in [9.17, 15) is 4.79 Å². The maximum absolute atomic E-state index is 13.3. The minimum absolute atomic E-state index is 0.262. The van der Waals surface area contributed by atoms with Crippen molar-refractivity contribution in [3.05, 3.63) is 106 Å². The molecule has 40 heavy (non-hydrogen) atoms. The van der Waals surface area contributed by atoms with Crippen LogP contribution in [0, 0.1) is 17.8 Å². The third-order valence-electron chi connectivity index (χ3n) is 9.07. The second-order valence-electron chi connectivity index (χ2n) is 12.1. The number of ketones is 1. The largest absolute Gasteiger partial charge is 0.299 e. The normalized spacial score (nSPS) is 25.2. The van der Waals surface area contributed by atoms with Crippen molar-refractivity contribution >= 4 is 17.7 Å². The molecule has 1 fully saturated rings. The number of hydrogen-bond acceptors (Lipinski definition) is 3. The first kappa shape index (κ1) is 28.2. The van der Waals surface area contributed by atoms with Crippen molar-refractivity contribution in [2.75, 3.05) is 7.05 Å².